The molecule has 0 aliphatic carbocycles. The molecule has 1 aromatic heterocycles. The summed E-state index contributed by atoms with van der Waals surface area (Å²) in [4.78, 5) is 4.09. The van der Waals surface area contributed by atoms with Gasteiger partial charge in [-0.25, -0.2) is 0 Å². The monoisotopic (exact) mass is 294 g/mol. The van der Waals surface area contributed by atoms with Crippen molar-refractivity contribution < 1.29 is 0 Å². The van der Waals surface area contributed by atoms with Crippen LogP contribution in [-0.4, -0.2) is 11.0 Å². The molecule has 2 aromatic rings. The Labute approximate surface area is 123 Å². The average molecular weight is 295 g/mol. The van der Waals surface area contributed by atoms with E-state index in [0.29, 0.717) is 16.5 Å². The quantitative estimate of drug-likeness (QED) is 0.908. The van der Waals surface area contributed by atoms with E-state index in [-0.39, 0.29) is 6.04 Å². The largest absolute Gasteiger partial charge is 0.327 e. The molecule has 1 atom stereocenters. The first-order chi connectivity index (χ1) is 9.16. The van der Waals surface area contributed by atoms with Gasteiger partial charge in [0.1, 0.15) is 0 Å². The molecule has 0 saturated heterocycles. The van der Waals surface area contributed by atoms with Gasteiger partial charge < -0.3 is 5.73 Å². The Morgan fingerprint density at radius 3 is 2.47 bits per heavy atom. The van der Waals surface area contributed by atoms with Crippen LogP contribution >= 0.6 is 23.2 Å². The van der Waals surface area contributed by atoms with Crippen molar-refractivity contribution >= 4 is 23.2 Å². The van der Waals surface area contributed by atoms with Crippen LogP contribution in [0.3, 0.4) is 0 Å². The lowest BCUT2D eigenvalue weighted by atomic mass is 10.0. The molecule has 100 valence electrons. The first kappa shape index (κ1) is 14.3. The number of rotatable bonds is 5. The summed E-state index contributed by atoms with van der Waals surface area (Å²) < 4.78 is 0. The number of halogens is 2. The van der Waals surface area contributed by atoms with Crippen LogP contribution in [0.4, 0.5) is 0 Å². The van der Waals surface area contributed by atoms with Gasteiger partial charge in [0, 0.05) is 28.5 Å². The summed E-state index contributed by atoms with van der Waals surface area (Å²) in [6, 6.07) is 9.56. The van der Waals surface area contributed by atoms with Gasteiger partial charge in [0.25, 0.3) is 0 Å². The first-order valence-corrected chi connectivity index (χ1v) is 7.00. The Hall–Kier alpha value is -1.09. The van der Waals surface area contributed by atoms with E-state index in [9.17, 15) is 0 Å². The summed E-state index contributed by atoms with van der Waals surface area (Å²) in [7, 11) is 0. The second kappa shape index (κ2) is 6.90. The van der Waals surface area contributed by atoms with Gasteiger partial charge >= 0.3 is 0 Å². The third-order valence-electron chi connectivity index (χ3n) is 3.05. The Kier molecular flexibility index (Phi) is 5.20. The van der Waals surface area contributed by atoms with Crippen molar-refractivity contribution in [3.05, 3.63) is 63.9 Å². The summed E-state index contributed by atoms with van der Waals surface area (Å²) in [5, 5.41) is 1.37. The zero-order valence-corrected chi connectivity index (χ0v) is 12.0. The van der Waals surface area contributed by atoms with Gasteiger partial charge in [-0.3, -0.25) is 4.98 Å². The molecule has 0 aliphatic heterocycles. The molecule has 0 saturated carbocycles. The molecule has 19 heavy (non-hydrogen) atoms. The molecular formula is C15H16Cl2N2. The molecule has 0 bridgehead atoms. The predicted molar refractivity (Wildman–Crippen MR) is 80.7 cm³/mol. The highest BCUT2D eigenvalue weighted by molar-refractivity contribution is 6.35. The molecule has 1 unspecified atom stereocenters. The number of hydrogen-bond donors (Lipinski definition) is 1. The van der Waals surface area contributed by atoms with Crippen LogP contribution in [0, 0.1) is 0 Å². The Morgan fingerprint density at radius 1 is 1.11 bits per heavy atom. The normalized spacial score (nSPS) is 12.4. The minimum absolute atomic E-state index is 0.0395. The minimum atomic E-state index is 0.0395. The summed E-state index contributed by atoms with van der Waals surface area (Å²) in [5.74, 6) is 0. The highest BCUT2D eigenvalue weighted by Crippen LogP contribution is 2.25. The number of hydrogen-bond acceptors (Lipinski definition) is 2. The van der Waals surface area contributed by atoms with Gasteiger partial charge in [0.2, 0.25) is 0 Å². The summed E-state index contributed by atoms with van der Waals surface area (Å²) >= 11 is 12.3. The highest BCUT2D eigenvalue weighted by Gasteiger charge is 2.10. The molecule has 1 aromatic carbocycles. The zero-order valence-electron chi connectivity index (χ0n) is 10.5. The number of aromatic nitrogens is 1. The van der Waals surface area contributed by atoms with Crippen molar-refractivity contribution in [2.75, 3.05) is 0 Å². The van der Waals surface area contributed by atoms with Crippen LogP contribution in [0.5, 0.6) is 0 Å². The van der Waals surface area contributed by atoms with Gasteiger partial charge in [-0.1, -0.05) is 35.3 Å². The third-order valence-corrected chi connectivity index (χ3v) is 3.76. The fourth-order valence-corrected chi connectivity index (χ4v) is 2.54. The van der Waals surface area contributed by atoms with Crippen LogP contribution in [0.1, 0.15) is 17.5 Å². The van der Waals surface area contributed by atoms with E-state index in [1.807, 2.05) is 30.5 Å². The molecule has 0 fully saturated rings. The van der Waals surface area contributed by atoms with E-state index >= 15 is 0 Å². The molecule has 1 heterocycles. The zero-order chi connectivity index (χ0) is 13.7. The molecule has 2 nitrogen and oxygen atoms in total. The maximum absolute atomic E-state index is 6.15. The second-order valence-electron chi connectivity index (χ2n) is 4.56. The fourth-order valence-electron chi connectivity index (χ4n) is 1.99. The van der Waals surface area contributed by atoms with Gasteiger partial charge in [-0.15, -0.1) is 0 Å². The van der Waals surface area contributed by atoms with Crippen LogP contribution in [-0.2, 0) is 12.8 Å². The first-order valence-electron chi connectivity index (χ1n) is 6.24. The van der Waals surface area contributed by atoms with Gasteiger partial charge in [-0.2, -0.15) is 0 Å². The molecular weight excluding hydrogens is 279 g/mol. The van der Waals surface area contributed by atoms with Crippen molar-refractivity contribution in [1.82, 2.24) is 4.98 Å². The Morgan fingerprint density at radius 2 is 1.84 bits per heavy atom. The average Bonchev–Trinajstić information content (AvgIpc) is 2.42. The highest BCUT2D eigenvalue weighted by atomic mass is 35.5. The van der Waals surface area contributed by atoms with Crippen molar-refractivity contribution in [3.63, 3.8) is 0 Å². The molecule has 2 rings (SSSR count). The van der Waals surface area contributed by atoms with Crippen LogP contribution in [0.25, 0.3) is 0 Å². The number of nitrogens with two attached hydrogens (primary N) is 1. The molecule has 4 heteroatoms. The molecule has 0 spiro atoms. The maximum Gasteiger partial charge on any atom is 0.0453 e. The molecule has 2 N–H and O–H groups in total. The SMILES string of the molecule is NC(CCc1cccnc1)Cc1c(Cl)cccc1Cl. The maximum atomic E-state index is 6.15. The van der Waals surface area contributed by atoms with Gasteiger partial charge in [-0.05, 0) is 48.6 Å². The van der Waals surface area contributed by atoms with Gasteiger partial charge in [0.05, 0.1) is 0 Å². The van der Waals surface area contributed by atoms with E-state index in [2.05, 4.69) is 11.1 Å². The van der Waals surface area contributed by atoms with E-state index in [1.54, 1.807) is 6.20 Å². The number of aryl methyl sites for hydroxylation is 1. The number of nitrogens with zero attached hydrogens (tertiary/aromatic N) is 1. The Bertz CT molecular complexity index is 509. The van der Waals surface area contributed by atoms with Gasteiger partial charge in [0.15, 0.2) is 0 Å². The lowest BCUT2D eigenvalue weighted by Crippen LogP contribution is -2.23. The van der Waals surface area contributed by atoms with E-state index < -0.39 is 0 Å². The van der Waals surface area contributed by atoms with Crippen LogP contribution in [0.15, 0.2) is 42.7 Å². The van der Waals surface area contributed by atoms with E-state index in [0.717, 1.165) is 18.4 Å². The lowest BCUT2D eigenvalue weighted by molar-refractivity contribution is 0.610. The number of pyridine rings is 1. The molecule has 0 radical (unpaired) electrons. The predicted octanol–water partition coefficient (Wildman–Crippen LogP) is 3.89. The fraction of sp³-hybridized carbons (Fsp3) is 0.267. The third kappa shape index (κ3) is 4.20. The lowest BCUT2D eigenvalue weighted by Gasteiger charge is -2.14. The smallest absolute Gasteiger partial charge is 0.0453 e. The second-order valence-corrected chi connectivity index (χ2v) is 5.38. The van der Waals surface area contributed by atoms with Crippen molar-refractivity contribution in [1.29, 1.82) is 0 Å². The van der Waals surface area contributed by atoms with Crippen molar-refractivity contribution in [2.45, 2.75) is 25.3 Å². The Balaban J connectivity index is 1.93. The topological polar surface area (TPSA) is 38.9 Å². The number of benzene rings is 1. The van der Waals surface area contributed by atoms with Crippen LogP contribution in [0.2, 0.25) is 10.0 Å². The van der Waals surface area contributed by atoms with E-state index in [4.69, 9.17) is 28.9 Å². The molecule has 0 aliphatic rings. The molecule has 0 amide bonds. The van der Waals surface area contributed by atoms with Crippen molar-refractivity contribution in [2.24, 2.45) is 5.73 Å². The summed E-state index contributed by atoms with van der Waals surface area (Å²) in [6.45, 7) is 0. The minimum Gasteiger partial charge on any atom is -0.327 e. The standard InChI is InChI=1S/C15H16Cl2N2/c16-14-4-1-5-15(17)13(14)9-12(18)7-6-11-3-2-8-19-10-11/h1-5,8,10,12H,6-7,9,18H2. The summed E-state index contributed by atoms with van der Waals surface area (Å²) in [6.07, 6.45) is 6.13. The summed E-state index contributed by atoms with van der Waals surface area (Å²) in [5.41, 5.74) is 8.29. The van der Waals surface area contributed by atoms with E-state index in [1.165, 1.54) is 5.56 Å². The van der Waals surface area contributed by atoms with Crippen molar-refractivity contribution in [3.8, 4) is 0 Å². The van der Waals surface area contributed by atoms with Crippen LogP contribution < -0.4 is 5.73 Å².